The first-order valence-corrected chi connectivity index (χ1v) is 21.0. The van der Waals surface area contributed by atoms with Crippen LogP contribution in [0.1, 0.15) is 0 Å². The molecule has 0 unspecified atom stereocenters. The Bertz CT molecular complexity index is 3280. The molecular weight excluding hydrogens is 735 g/mol. The lowest BCUT2D eigenvalue weighted by Gasteiger charge is -2.30. The number of hydrogen-bond acceptors (Lipinski definition) is 1. The highest BCUT2D eigenvalue weighted by Gasteiger charge is 2.21. The Labute approximate surface area is 357 Å². The van der Waals surface area contributed by atoms with Crippen LogP contribution in [0, 0.1) is 0 Å². The second-order valence-electron chi connectivity index (χ2n) is 15.8. The average Bonchev–Trinajstić information content (AvgIpc) is 3.34. The van der Waals surface area contributed by atoms with Gasteiger partial charge < -0.3 is 4.90 Å². The second-order valence-corrected chi connectivity index (χ2v) is 15.8. The van der Waals surface area contributed by atoms with Crippen LogP contribution >= 0.6 is 0 Å². The highest BCUT2D eigenvalue weighted by atomic mass is 15.1. The van der Waals surface area contributed by atoms with Crippen LogP contribution in [-0.2, 0) is 0 Å². The highest BCUT2D eigenvalue weighted by molar-refractivity contribution is 6.03. The predicted molar refractivity (Wildman–Crippen MR) is 261 cm³/mol. The molecule has 0 aromatic heterocycles. The molecule has 0 aliphatic heterocycles. The minimum atomic E-state index is 1.08. The zero-order valence-corrected chi connectivity index (χ0v) is 33.6. The molecule has 11 rings (SSSR count). The van der Waals surface area contributed by atoms with Crippen molar-refractivity contribution in [3.63, 3.8) is 0 Å². The van der Waals surface area contributed by atoms with E-state index in [1.807, 2.05) is 0 Å². The molecule has 11 aromatic rings. The fourth-order valence-electron chi connectivity index (χ4n) is 8.87. The third kappa shape index (κ3) is 7.03. The van der Waals surface area contributed by atoms with Gasteiger partial charge in [-0.3, -0.25) is 0 Å². The summed E-state index contributed by atoms with van der Waals surface area (Å²) < 4.78 is 0. The Morgan fingerprint density at radius 2 is 0.656 bits per heavy atom. The quantitative estimate of drug-likeness (QED) is 0.149. The molecule has 0 bridgehead atoms. The van der Waals surface area contributed by atoms with Crippen LogP contribution in [0.4, 0.5) is 17.1 Å². The fraction of sp³-hybridized carbons (Fsp3) is 0. The molecule has 286 valence electrons. The van der Waals surface area contributed by atoms with Gasteiger partial charge in [0.15, 0.2) is 0 Å². The van der Waals surface area contributed by atoms with Gasteiger partial charge in [0, 0.05) is 16.6 Å². The van der Waals surface area contributed by atoms with Gasteiger partial charge in [0.2, 0.25) is 0 Å². The van der Waals surface area contributed by atoms with Crippen LogP contribution in [0.5, 0.6) is 0 Å². The average molecular weight is 776 g/mol. The van der Waals surface area contributed by atoms with Crippen molar-refractivity contribution < 1.29 is 0 Å². The van der Waals surface area contributed by atoms with E-state index in [1.165, 1.54) is 76.8 Å². The van der Waals surface area contributed by atoms with E-state index in [9.17, 15) is 0 Å². The Morgan fingerprint density at radius 1 is 0.213 bits per heavy atom. The van der Waals surface area contributed by atoms with E-state index in [1.54, 1.807) is 0 Å². The molecule has 0 fully saturated rings. The molecule has 0 saturated heterocycles. The van der Waals surface area contributed by atoms with E-state index in [2.05, 4.69) is 254 Å². The van der Waals surface area contributed by atoms with Crippen molar-refractivity contribution in [1.82, 2.24) is 0 Å². The first kappa shape index (κ1) is 36.1. The molecule has 61 heavy (non-hydrogen) atoms. The summed E-state index contributed by atoms with van der Waals surface area (Å²) in [5.41, 5.74) is 15.2. The lowest BCUT2D eigenvalue weighted by molar-refractivity contribution is 1.30. The van der Waals surface area contributed by atoms with Crippen molar-refractivity contribution in [3.05, 3.63) is 249 Å². The second kappa shape index (κ2) is 15.6. The number of rotatable bonds is 8. The Morgan fingerprint density at radius 3 is 1.28 bits per heavy atom. The number of anilines is 3. The summed E-state index contributed by atoms with van der Waals surface area (Å²) in [5.74, 6) is 0. The predicted octanol–water partition coefficient (Wildman–Crippen LogP) is 17.0. The number of hydrogen-bond donors (Lipinski definition) is 0. The van der Waals surface area contributed by atoms with E-state index < -0.39 is 0 Å². The maximum Gasteiger partial charge on any atom is 0.0546 e. The minimum absolute atomic E-state index is 1.08. The lowest BCUT2D eigenvalue weighted by atomic mass is 9.93. The van der Waals surface area contributed by atoms with E-state index in [4.69, 9.17) is 0 Å². The standard InChI is InChI=1S/C60H41N/c1-3-14-42(15-4-1)53-38-54(43-16-5-2-6-17-43)40-55(39-53)46-30-33-56(34-31-46)61(59-25-13-23-47-20-11-12-24-57(47)59)60-41-51(50-28-26-44-18-7-9-21-48(44)36-50)32-35-58(60)52-29-27-45-19-8-10-22-49(45)37-52/h1-41H. The third-order valence-electron chi connectivity index (χ3n) is 12.0. The Hall–Kier alpha value is -8.00. The van der Waals surface area contributed by atoms with Crippen molar-refractivity contribution in [2.75, 3.05) is 4.90 Å². The molecule has 0 saturated carbocycles. The van der Waals surface area contributed by atoms with Crippen molar-refractivity contribution in [1.29, 1.82) is 0 Å². The van der Waals surface area contributed by atoms with Crippen LogP contribution in [0.15, 0.2) is 249 Å². The van der Waals surface area contributed by atoms with Gasteiger partial charge in [-0.25, -0.2) is 0 Å². The summed E-state index contributed by atoms with van der Waals surface area (Å²) >= 11 is 0. The summed E-state index contributed by atoms with van der Waals surface area (Å²) in [6, 6.07) is 90.7. The van der Waals surface area contributed by atoms with Gasteiger partial charge in [-0.2, -0.15) is 0 Å². The van der Waals surface area contributed by atoms with Crippen molar-refractivity contribution in [3.8, 4) is 55.6 Å². The summed E-state index contributed by atoms with van der Waals surface area (Å²) in [4.78, 5) is 2.47. The zero-order chi connectivity index (χ0) is 40.5. The molecule has 0 aliphatic rings. The van der Waals surface area contributed by atoms with Gasteiger partial charge in [-0.05, 0) is 132 Å². The summed E-state index contributed by atoms with van der Waals surface area (Å²) in [7, 11) is 0. The minimum Gasteiger partial charge on any atom is -0.309 e. The Balaban J connectivity index is 1.12. The zero-order valence-electron chi connectivity index (χ0n) is 33.6. The molecule has 0 radical (unpaired) electrons. The first-order chi connectivity index (χ1) is 30.2. The first-order valence-electron chi connectivity index (χ1n) is 21.0. The van der Waals surface area contributed by atoms with Gasteiger partial charge in [-0.1, -0.05) is 194 Å². The Kier molecular flexibility index (Phi) is 9.26. The molecule has 0 N–H and O–H groups in total. The molecule has 0 atom stereocenters. The van der Waals surface area contributed by atoms with Gasteiger partial charge in [-0.15, -0.1) is 0 Å². The SMILES string of the molecule is c1ccc(-c2cc(-c3ccccc3)cc(-c3ccc(N(c4cc(-c5ccc6ccccc6c5)ccc4-c4ccc5ccccc5c4)c4cccc5ccccc45)cc3)c2)cc1. The third-order valence-corrected chi connectivity index (χ3v) is 12.0. The topological polar surface area (TPSA) is 3.24 Å². The smallest absolute Gasteiger partial charge is 0.0546 e. The van der Waals surface area contributed by atoms with E-state index in [-0.39, 0.29) is 0 Å². The number of nitrogens with zero attached hydrogens (tertiary/aromatic N) is 1. The highest BCUT2D eigenvalue weighted by Crippen LogP contribution is 2.46. The van der Waals surface area contributed by atoms with Crippen molar-refractivity contribution >= 4 is 49.4 Å². The van der Waals surface area contributed by atoms with Gasteiger partial charge in [0.05, 0.1) is 11.4 Å². The van der Waals surface area contributed by atoms with Crippen molar-refractivity contribution in [2.45, 2.75) is 0 Å². The molecule has 0 heterocycles. The summed E-state index contributed by atoms with van der Waals surface area (Å²) in [5, 5.41) is 7.31. The summed E-state index contributed by atoms with van der Waals surface area (Å²) in [6.45, 7) is 0. The maximum atomic E-state index is 2.47. The van der Waals surface area contributed by atoms with Crippen LogP contribution in [0.25, 0.3) is 88.0 Å². The van der Waals surface area contributed by atoms with Gasteiger partial charge in [0.25, 0.3) is 0 Å². The van der Waals surface area contributed by atoms with Crippen LogP contribution in [0.3, 0.4) is 0 Å². The van der Waals surface area contributed by atoms with E-state index in [0.29, 0.717) is 0 Å². The molecular formula is C60H41N. The summed E-state index contributed by atoms with van der Waals surface area (Å²) in [6.07, 6.45) is 0. The lowest BCUT2D eigenvalue weighted by Crippen LogP contribution is -2.12. The largest absolute Gasteiger partial charge is 0.309 e. The van der Waals surface area contributed by atoms with Crippen LogP contribution < -0.4 is 4.90 Å². The van der Waals surface area contributed by atoms with Crippen molar-refractivity contribution in [2.24, 2.45) is 0 Å². The van der Waals surface area contributed by atoms with Gasteiger partial charge >= 0.3 is 0 Å². The van der Waals surface area contributed by atoms with E-state index >= 15 is 0 Å². The van der Waals surface area contributed by atoms with Gasteiger partial charge in [0.1, 0.15) is 0 Å². The fourth-order valence-corrected chi connectivity index (χ4v) is 8.87. The molecule has 0 aliphatic carbocycles. The molecule has 1 heteroatoms. The normalized spacial score (nSPS) is 11.3. The molecule has 0 spiro atoms. The number of benzene rings is 11. The molecule has 1 nitrogen and oxygen atoms in total. The molecule has 11 aromatic carbocycles. The van der Waals surface area contributed by atoms with Crippen LogP contribution in [0.2, 0.25) is 0 Å². The number of fused-ring (bicyclic) bond motifs is 3. The maximum absolute atomic E-state index is 2.47. The monoisotopic (exact) mass is 775 g/mol. The van der Waals surface area contributed by atoms with E-state index in [0.717, 1.165) is 28.2 Å². The molecule has 0 amide bonds. The van der Waals surface area contributed by atoms with Crippen LogP contribution in [-0.4, -0.2) is 0 Å².